The number of halogens is 2. The van der Waals surface area contributed by atoms with E-state index in [0.29, 0.717) is 23.0 Å². The molecule has 3 rings (SSSR count). The third kappa shape index (κ3) is 3.78. The van der Waals surface area contributed by atoms with E-state index in [9.17, 15) is 5.11 Å². The first kappa shape index (κ1) is 17.0. The highest BCUT2D eigenvalue weighted by molar-refractivity contribution is 6.42. The summed E-state index contributed by atoms with van der Waals surface area (Å²) in [7, 11) is 0. The van der Waals surface area contributed by atoms with E-state index < -0.39 is 0 Å². The van der Waals surface area contributed by atoms with Gasteiger partial charge in [-0.2, -0.15) is 0 Å². The second kappa shape index (κ2) is 7.79. The molecule has 1 heterocycles. The molecule has 0 aliphatic rings. The van der Waals surface area contributed by atoms with Gasteiger partial charge in [0, 0.05) is 24.6 Å². The van der Waals surface area contributed by atoms with E-state index in [1.54, 1.807) is 12.4 Å². The van der Waals surface area contributed by atoms with Crippen molar-refractivity contribution in [3.8, 4) is 11.4 Å². The largest absolute Gasteiger partial charge is 0.396 e. The second-order valence-electron chi connectivity index (χ2n) is 5.56. The highest BCUT2D eigenvalue weighted by Gasteiger charge is 2.16. The normalized spacial score (nSPS) is 12.3. The summed E-state index contributed by atoms with van der Waals surface area (Å²) in [6.07, 6.45) is 2.33. The maximum absolute atomic E-state index is 9.44. The summed E-state index contributed by atoms with van der Waals surface area (Å²) >= 11 is 12.1. The van der Waals surface area contributed by atoms with Gasteiger partial charge in [-0.15, -0.1) is 10.2 Å². The van der Waals surface area contributed by atoms with E-state index >= 15 is 0 Å². The minimum Gasteiger partial charge on any atom is -0.396 e. The SMILES string of the molecule is OCCC(Cn1cnnc1-c1ccccc1)c1ccc(Cl)c(Cl)c1. The van der Waals surface area contributed by atoms with Gasteiger partial charge in [0.1, 0.15) is 6.33 Å². The lowest BCUT2D eigenvalue weighted by Crippen LogP contribution is -2.11. The molecule has 1 N–H and O–H groups in total. The quantitative estimate of drug-likeness (QED) is 0.706. The van der Waals surface area contributed by atoms with Crippen LogP contribution in [0, 0.1) is 0 Å². The van der Waals surface area contributed by atoms with Crippen LogP contribution in [-0.4, -0.2) is 26.5 Å². The van der Waals surface area contributed by atoms with Crippen molar-refractivity contribution in [3.05, 3.63) is 70.5 Å². The van der Waals surface area contributed by atoms with Crippen molar-refractivity contribution in [2.75, 3.05) is 6.61 Å². The zero-order valence-electron chi connectivity index (χ0n) is 12.9. The van der Waals surface area contributed by atoms with E-state index in [1.165, 1.54) is 0 Å². The van der Waals surface area contributed by atoms with Crippen LogP contribution in [0.25, 0.3) is 11.4 Å². The van der Waals surface area contributed by atoms with Crippen molar-refractivity contribution < 1.29 is 5.11 Å². The smallest absolute Gasteiger partial charge is 0.163 e. The number of aliphatic hydroxyl groups is 1. The minimum absolute atomic E-state index is 0.0863. The molecule has 0 saturated heterocycles. The van der Waals surface area contributed by atoms with Crippen molar-refractivity contribution in [1.29, 1.82) is 0 Å². The van der Waals surface area contributed by atoms with Crippen molar-refractivity contribution >= 4 is 23.2 Å². The van der Waals surface area contributed by atoms with Gasteiger partial charge in [-0.05, 0) is 24.1 Å². The molecule has 4 nitrogen and oxygen atoms in total. The Morgan fingerprint density at radius 1 is 1.04 bits per heavy atom. The molecule has 0 spiro atoms. The van der Waals surface area contributed by atoms with Gasteiger partial charge in [0.15, 0.2) is 5.82 Å². The van der Waals surface area contributed by atoms with E-state index in [0.717, 1.165) is 17.0 Å². The lowest BCUT2D eigenvalue weighted by Gasteiger charge is -2.18. The first-order valence-electron chi connectivity index (χ1n) is 7.68. The van der Waals surface area contributed by atoms with Gasteiger partial charge in [-0.25, -0.2) is 0 Å². The molecule has 1 atom stereocenters. The fraction of sp³-hybridized carbons (Fsp3) is 0.222. The maximum atomic E-state index is 9.44. The Labute approximate surface area is 150 Å². The van der Waals surface area contributed by atoms with Crippen molar-refractivity contribution in [2.24, 2.45) is 0 Å². The summed E-state index contributed by atoms with van der Waals surface area (Å²) in [5, 5.41) is 18.7. The molecule has 0 saturated carbocycles. The van der Waals surface area contributed by atoms with Crippen LogP contribution in [0.1, 0.15) is 17.9 Å². The predicted octanol–water partition coefficient (Wildman–Crippen LogP) is 4.42. The first-order valence-corrected chi connectivity index (χ1v) is 8.43. The number of aromatic nitrogens is 3. The summed E-state index contributed by atoms with van der Waals surface area (Å²) in [6, 6.07) is 15.5. The fourth-order valence-electron chi connectivity index (χ4n) is 2.72. The highest BCUT2D eigenvalue weighted by atomic mass is 35.5. The Kier molecular flexibility index (Phi) is 5.51. The van der Waals surface area contributed by atoms with Gasteiger partial charge < -0.3 is 9.67 Å². The van der Waals surface area contributed by atoms with Crippen LogP contribution in [0.2, 0.25) is 10.0 Å². The van der Waals surface area contributed by atoms with E-state index in [-0.39, 0.29) is 12.5 Å². The summed E-state index contributed by atoms with van der Waals surface area (Å²) < 4.78 is 2.00. The molecule has 2 aromatic carbocycles. The third-order valence-electron chi connectivity index (χ3n) is 3.96. The average molecular weight is 362 g/mol. The van der Waals surface area contributed by atoms with Gasteiger partial charge in [0.2, 0.25) is 0 Å². The van der Waals surface area contributed by atoms with Gasteiger partial charge in [-0.3, -0.25) is 0 Å². The number of hydrogen-bond acceptors (Lipinski definition) is 3. The zero-order valence-corrected chi connectivity index (χ0v) is 14.5. The van der Waals surface area contributed by atoms with E-state index in [4.69, 9.17) is 23.2 Å². The summed E-state index contributed by atoms with van der Waals surface area (Å²) in [5.74, 6) is 0.891. The number of aliphatic hydroxyl groups excluding tert-OH is 1. The molecule has 0 bridgehead atoms. The molecule has 0 aliphatic heterocycles. The molecule has 24 heavy (non-hydrogen) atoms. The topological polar surface area (TPSA) is 50.9 Å². The van der Waals surface area contributed by atoms with Gasteiger partial charge in [0.05, 0.1) is 10.0 Å². The Morgan fingerprint density at radius 3 is 2.54 bits per heavy atom. The van der Waals surface area contributed by atoms with Crippen molar-refractivity contribution in [1.82, 2.24) is 14.8 Å². The summed E-state index contributed by atoms with van der Waals surface area (Å²) in [6.45, 7) is 0.740. The standard InChI is InChI=1S/C18H17Cl2N3O/c19-16-7-6-14(10-17(16)20)15(8-9-24)11-23-12-21-22-18(23)13-4-2-1-3-5-13/h1-7,10,12,15,24H,8-9,11H2. The molecule has 0 amide bonds. The monoisotopic (exact) mass is 361 g/mol. The third-order valence-corrected chi connectivity index (χ3v) is 4.70. The average Bonchev–Trinajstić information content (AvgIpc) is 3.06. The molecular formula is C18H17Cl2N3O. The van der Waals surface area contributed by atoms with Gasteiger partial charge >= 0.3 is 0 Å². The Bertz CT molecular complexity index is 805. The van der Waals surface area contributed by atoms with Crippen LogP contribution in [0.4, 0.5) is 0 Å². The molecule has 0 fully saturated rings. The molecule has 1 unspecified atom stereocenters. The number of benzene rings is 2. The second-order valence-corrected chi connectivity index (χ2v) is 6.37. The van der Waals surface area contributed by atoms with Crippen LogP contribution in [-0.2, 0) is 6.54 Å². The Hall–Kier alpha value is -1.88. The fourth-order valence-corrected chi connectivity index (χ4v) is 3.03. The highest BCUT2D eigenvalue weighted by Crippen LogP contribution is 2.30. The molecule has 6 heteroatoms. The zero-order chi connectivity index (χ0) is 16.9. The van der Waals surface area contributed by atoms with Crippen LogP contribution in [0.5, 0.6) is 0 Å². The van der Waals surface area contributed by atoms with Crippen molar-refractivity contribution in [3.63, 3.8) is 0 Å². The molecule has 3 aromatic rings. The number of rotatable bonds is 6. The van der Waals surface area contributed by atoms with Crippen molar-refractivity contribution in [2.45, 2.75) is 18.9 Å². The summed E-state index contributed by atoms with van der Waals surface area (Å²) in [4.78, 5) is 0. The molecule has 124 valence electrons. The van der Waals surface area contributed by atoms with Crippen LogP contribution < -0.4 is 0 Å². The maximum Gasteiger partial charge on any atom is 0.163 e. The first-order chi connectivity index (χ1) is 11.7. The van der Waals surface area contributed by atoms with Crippen LogP contribution in [0.15, 0.2) is 54.9 Å². The predicted molar refractivity (Wildman–Crippen MR) is 96.4 cm³/mol. The molecule has 0 radical (unpaired) electrons. The minimum atomic E-state index is 0.0863. The summed E-state index contributed by atoms with van der Waals surface area (Å²) in [5.41, 5.74) is 2.04. The Morgan fingerprint density at radius 2 is 1.83 bits per heavy atom. The Balaban J connectivity index is 1.89. The number of hydrogen-bond donors (Lipinski definition) is 1. The van der Waals surface area contributed by atoms with Gasteiger partial charge in [0.25, 0.3) is 0 Å². The lowest BCUT2D eigenvalue weighted by molar-refractivity contribution is 0.270. The number of nitrogens with zero attached hydrogens (tertiary/aromatic N) is 3. The molecule has 0 aliphatic carbocycles. The molecular weight excluding hydrogens is 345 g/mol. The van der Waals surface area contributed by atoms with Crippen LogP contribution >= 0.6 is 23.2 Å². The van der Waals surface area contributed by atoms with E-state index in [1.807, 2.05) is 47.0 Å². The van der Waals surface area contributed by atoms with E-state index in [2.05, 4.69) is 10.2 Å². The van der Waals surface area contributed by atoms with Crippen LogP contribution in [0.3, 0.4) is 0 Å². The lowest BCUT2D eigenvalue weighted by atomic mass is 9.95. The van der Waals surface area contributed by atoms with Gasteiger partial charge in [-0.1, -0.05) is 59.6 Å². The molecule has 1 aromatic heterocycles.